The molecule has 0 aliphatic carbocycles. The van der Waals surface area contributed by atoms with Gasteiger partial charge in [-0.15, -0.1) is 0 Å². The maximum Gasteiger partial charge on any atom is 0.224 e. The summed E-state index contributed by atoms with van der Waals surface area (Å²) in [5.41, 5.74) is 2.23. The minimum atomic E-state index is -0.715. The zero-order valence-electron chi connectivity index (χ0n) is 16.2. The molecule has 0 aromatic carbocycles. The van der Waals surface area contributed by atoms with Gasteiger partial charge in [0.25, 0.3) is 0 Å². The monoisotopic (exact) mass is 400 g/mol. The summed E-state index contributed by atoms with van der Waals surface area (Å²) in [6.45, 7) is 3.05. The highest BCUT2D eigenvalue weighted by Gasteiger charge is 2.33. The molecule has 0 amide bonds. The Bertz CT molecular complexity index is 947. The molecule has 0 unspecified atom stereocenters. The van der Waals surface area contributed by atoms with Gasteiger partial charge in [-0.3, -0.25) is 4.90 Å². The molecule has 0 atom stereocenters. The Balaban J connectivity index is 1.37. The molecule has 1 aliphatic rings. The van der Waals surface area contributed by atoms with Crippen LogP contribution in [0.2, 0.25) is 5.15 Å². The third kappa shape index (κ3) is 4.11. The first kappa shape index (κ1) is 19.1. The van der Waals surface area contributed by atoms with Crippen LogP contribution >= 0.6 is 11.6 Å². The smallest absolute Gasteiger partial charge is 0.224 e. The van der Waals surface area contributed by atoms with Gasteiger partial charge >= 0.3 is 0 Å². The minimum Gasteiger partial charge on any atom is -0.388 e. The molecule has 0 spiro atoms. The molecule has 7 nitrogen and oxygen atoms in total. The van der Waals surface area contributed by atoms with Crippen LogP contribution < -0.4 is 4.90 Å². The highest BCUT2D eigenvalue weighted by Crippen LogP contribution is 2.27. The zero-order chi connectivity index (χ0) is 19.7. The largest absolute Gasteiger partial charge is 0.388 e. The van der Waals surface area contributed by atoms with E-state index < -0.39 is 5.60 Å². The van der Waals surface area contributed by atoms with Gasteiger partial charge in [0, 0.05) is 57.9 Å². The van der Waals surface area contributed by atoms with Crippen LogP contribution in [0.15, 0.2) is 36.8 Å². The lowest BCUT2D eigenvalue weighted by Crippen LogP contribution is -2.46. The van der Waals surface area contributed by atoms with Crippen molar-refractivity contribution in [2.45, 2.75) is 31.5 Å². The van der Waals surface area contributed by atoms with Gasteiger partial charge in [0.2, 0.25) is 5.95 Å². The van der Waals surface area contributed by atoms with Gasteiger partial charge in [-0.1, -0.05) is 11.6 Å². The number of hydrogen-bond acceptors (Lipinski definition) is 6. The Kier molecular flexibility index (Phi) is 5.23. The van der Waals surface area contributed by atoms with E-state index >= 15 is 0 Å². The van der Waals surface area contributed by atoms with E-state index in [1.807, 2.05) is 49.7 Å². The van der Waals surface area contributed by atoms with Crippen LogP contribution in [0.5, 0.6) is 0 Å². The van der Waals surface area contributed by atoms with Crippen LogP contribution in [0.4, 0.5) is 5.95 Å². The number of piperidine rings is 1. The SMILES string of the molecule is CN(C)c1ncc(CN2CCC(O)(Cn3ccc4nc(Cl)ccc43)CC2)cn1. The highest BCUT2D eigenvalue weighted by molar-refractivity contribution is 6.29. The van der Waals surface area contributed by atoms with Crippen molar-refractivity contribution in [2.75, 3.05) is 32.1 Å². The van der Waals surface area contributed by atoms with Gasteiger partial charge in [-0.2, -0.15) is 0 Å². The fourth-order valence-corrected chi connectivity index (χ4v) is 3.86. The van der Waals surface area contributed by atoms with Crippen molar-refractivity contribution >= 4 is 28.6 Å². The van der Waals surface area contributed by atoms with Crippen LogP contribution in [0.1, 0.15) is 18.4 Å². The molecule has 0 radical (unpaired) electrons. The normalized spacial score (nSPS) is 17.1. The Morgan fingerprint density at radius 3 is 2.54 bits per heavy atom. The van der Waals surface area contributed by atoms with Gasteiger partial charge in [0.1, 0.15) is 5.15 Å². The first-order valence-corrected chi connectivity index (χ1v) is 9.84. The molecule has 1 saturated heterocycles. The molecule has 1 fully saturated rings. The summed E-state index contributed by atoms with van der Waals surface area (Å²) >= 11 is 5.97. The van der Waals surface area contributed by atoms with Crippen molar-refractivity contribution in [3.8, 4) is 0 Å². The van der Waals surface area contributed by atoms with E-state index in [0.29, 0.717) is 17.6 Å². The topological polar surface area (TPSA) is 70.3 Å². The predicted octanol–water partition coefficient (Wildman–Crippen LogP) is 2.57. The summed E-state index contributed by atoms with van der Waals surface area (Å²) < 4.78 is 2.07. The van der Waals surface area contributed by atoms with E-state index in [1.165, 1.54) is 0 Å². The number of nitrogens with zero attached hydrogens (tertiary/aromatic N) is 6. The third-order valence-electron chi connectivity index (χ3n) is 5.34. The van der Waals surface area contributed by atoms with E-state index in [4.69, 9.17) is 11.6 Å². The Morgan fingerprint density at radius 1 is 1.14 bits per heavy atom. The van der Waals surface area contributed by atoms with Gasteiger partial charge in [0.15, 0.2) is 0 Å². The Labute approximate surface area is 169 Å². The molecule has 1 N–H and O–H groups in total. The molecule has 0 bridgehead atoms. The second kappa shape index (κ2) is 7.66. The summed E-state index contributed by atoms with van der Waals surface area (Å²) in [6.07, 6.45) is 7.19. The summed E-state index contributed by atoms with van der Waals surface area (Å²) in [5, 5.41) is 11.6. The molecule has 0 saturated carbocycles. The number of aliphatic hydroxyl groups is 1. The second-order valence-corrected chi connectivity index (χ2v) is 8.16. The lowest BCUT2D eigenvalue weighted by Gasteiger charge is -2.38. The fourth-order valence-electron chi connectivity index (χ4n) is 3.71. The molecular formula is C20H25ClN6O. The number of halogens is 1. The average Bonchev–Trinajstić information content (AvgIpc) is 3.05. The highest BCUT2D eigenvalue weighted by atomic mass is 35.5. The fraction of sp³-hybridized carbons (Fsp3) is 0.450. The Hall–Kier alpha value is -2.22. The van der Waals surface area contributed by atoms with Crippen molar-refractivity contribution in [2.24, 2.45) is 0 Å². The van der Waals surface area contributed by atoms with Crippen molar-refractivity contribution in [3.63, 3.8) is 0 Å². The molecule has 4 heterocycles. The van der Waals surface area contributed by atoms with Gasteiger partial charge < -0.3 is 14.6 Å². The van der Waals surface area contributed by atoms with Crippen molar-refractivity contribution in [1.29, 1.82) is 0 Å². The second-order valence-electron chi connectivity index (χ2n) is 7.77. The molecule has 28 heavy (non-hydrogen) atoms. The van der Waals surface area contributed by atoms with E-state index in [2.05, 4.69) is 24.4 Å². The maximum atomic E-state index is 11.1. The zero-order valence-corrected chi connectivity index (χ0v) is 17.0. The van der Waals surface area contributed by atoms with Crippen molar-refractivity contribution < 1.29 is 5.11 Å². The maximum absolute atomic E-state index is 11.1. The molecular weight excluding hydrogens is 376 g/mol. The standard InChI is InChI=1S/C20H25ClN6O/c1-25(2)19-22-11-15(12-23-19)13-26-9-6-20(28,7-10-26)14-27-8-5-16-17(27)3-4-18(21)24-16/h3-5,8,11-12,28H,6-7,9-10,13-14H2,1-2H3. The van der Waals surface area contributed by atoms with E-state index in [9.17, 15) is 5.11 Å². The number of pyridine rings is 1. The molecule has 4 rings (SSSR count). The number of anilines is 1. The predicted molar refractivity (Wildman–Crippen MR) is 111 cm³/mol. The summed E-state index contributed by atoms with van der Waals surface area (Å²) in [4.78, 5) is 17.3. The quantitative estimate of drug-likeness (QED) is 0.664. The van der Waals surface area contributed by atoms with Crippen LogP contribution in [-0.4, -0.2) is 62.3 Å². The van der Waals surface area contributed by atoms with Crippen LogP contribution in [0.25, 0.3) is 11.0 Å². The lowest BCUT2D eigenvalue weighted by molar-refractivity contribution is -0.0349. The summed E-state index contributed by atoms with van der Waals surface area (Å²) in [7, 11) is 3.86. The van der Waals surface area contributed by atoms with E-state index in [-0.39, 0.29) is 0 Å². The lowest BCUT2D eigenvalue weighted by atomic mass is 9.91. The number of hydrogen-bond donors (Lipinski definition) is 1. The molecule has 1 aliphatic heterocycles. The van der Waals surface area contributed by atoms with E-state index in [0.717, 1.165) is 49.1 Å². The molecule has 148 valence electrons. The number of likely N-dealkylation sites (tertiary alicyclic amines) is 1. The third-order valence-corrected chi connectivity index (χ3v) is 5.55. The van der Waals surface area contributed by atoms with Gasteiger partial charge in [0.05, 0.1) is 23.2 Å². The van der Waals surface area contributed by atoms with Crippen molar-refractivity contribution in [3.05, 3.63) is 47.5 Å². The first-order chi connectivity index (χ1) is 13.4. The number of rotatable bonds is 5. The molecule has 3 aromatic rings. The number of aromatic nitrogens is 4. The Morgan fingerprint density at radius 2 is 1.86 bits per heavy atom. The average molecular weight is 401 g/mol. The van der Waals surface area contributed by atoms with E-state index in [1.54, 1.807) is 6.07 Å². The van der Waals surface area contributed by atoms with Gasteiger partial charge in [-0.05, 0) is 31.0 Å². The number of fused-ring (bicyclic) bond motifs is 1. The summed E-state index contributed by atoms with van der Waals surface area (Å²) in [5.74, 6) is 0.714. The van der Waals surface area contributed by atoms with Crippen LogP contribution in [0.3, 0.4) is 0 Å². The van der Waals surface area contributed by atoms with Crippen LogP contribution in [0, 0.1) is 0 Å². The van der Waals surface area contributed by atoms with Crippen LogP contribution in [-0.2, 0) is 13.1 Å². The molecule has 3 aromatic heterocycles. The summed E-state index contributed by atoms with van der Waals surface area (Å²) in [6, 6.07) is 5.69. The minimum absolute atomic E-state index is 0.486. The van der Waals surface area contributed by atoms with Crippen molar-refractivity contribution in [1.82, 2.24) is 24.4 Å². The first-order valence-electron chi connectivity index (χ1n) is 9.46. The van der Waals surface area contributed by atoms with Gasteiger partial charge in [-0.25, -0.2) is 15.0 Å². The molecule has 8 heteroatoms.